The average Bonchev–Trinajstić information content (AvgIpc) is 3.44. The first-order chi connectivity index (χ1) is 19.2. The predicted octanol–water partition coefficient (Wildman–Crippen LogP) is 5.12. The van der Waals surface area contributed by atoms with Crippen LogP contribution in [0.5, 0.6) is 11.5 Å². The van der Waals surface area contributed by atoms with Crippen LogP contribution in [-0.2, 0) is 15.8 Å². The summed E-state index contributed by atoms with van der Waals surface area (Å²) >= 11 is 0. The Morgan fingerprint density at radius 3 is 2.30 bits per heavy atom. The molecule has 0 bridgehead atoms. The Labute approximate surface area is 227 Å². The highest BCUT2D eigenvalue weighted by Gasteiger charge is 2.64. The summed E-state index contributed by atoms with van der Waals surface area (Å²) in [6.45, 7) is 0. The Morgan fingerprint density at radius 2 is 1.57 bits per heavy atom. The van der Waals surface area contributed by atoms with Gasteiger partial charge in [0.1, 0.15) is 6.04 Å². The molecule has 3 aromatic carbocycles. The zero-order valence-corrected chi connectivity index (χ0v) is 21.4. The summed E-state index contributed by atoms with van der Waals surface area (Å²) in [7, 11) is 2.90. The fourth-order valence-electron chi connectivity index (χ4n) is 6.09. The van der Waals surface area contributed by atoms with Crippen molar-refractivity contribution in [2.45, 2.75) is 18.3 Å². The minimum atomic E-state index is -4.66. The highest BCUT2D eigenvalue weighted by atomic mass is 19.4. The first-order valence-corrected chi connectivity index (χ1v) is 12.5. The number of hydrogen-bond donors (Lipinski definition) is 0. The molecular formula is C30H23F3N2O5. The number of rotatable bonds is 5. The van der Waals surface area contributed by atoms with E-state index in [1.807, 2.05) is 24.3 Å². The Hall–Kier alpha value is -4.60. The quantitative estimate of drug-likeness (QED) is 0.326. The van der Waals surface area contributed by atoms with Gasteiger partial charge < -0.3 is 14.4 Å². The summed E-state index contributed by atoms with van der Waals surface area (Å²) in [5.74, 6) is -3.15. The zero-order valence-electron chi connectivity index (χ0n) is 21.4. The molecule has 0 aliphatic carbocycles. The van der Waals surface area contributed by atoms with Crippen LogP contribution in [0.1, 0.15) is 33.1 Å². The van der Waals surface area contributed by atoms with Gasteiger partial charge in [0.05, 0.1) is 43.3 Å². The van der Waals surface area contributed by atoms with Crippen LogP contribution in [0.25, 0.3) is 6.08 Å². The van der Waals surface area contributed by atoms with Crippen LogP contribution in [0.2, 0.25) is 0 Å². The Morgan fingerprint density at radius 1 is 0.850 bits per heavy atom. The number of alkyl halides is 3. The molecule has 6 rings (SSSR count). The summed E-state index contributed by atoms with van der Waals surface area (Å²) in [6.07, 6.45) is -1.13. The lowest BCUT2D eigenvalue weighted by atomic mass is 9.83. The van der Waals surface area contributed by atoms with E-state index in [0.29, 0.717) is 11.5 Å². The number of anilines is 1. The molecule has 7 nitrogen and oxygen atoms in total. The van der Waals surface area contributed by atoms with Crippen LogP contribution in [0.4, 0.5) is 18.9 Å². The van der Waals surface area contributed by atoms with Crippen LogP contribution in [0, 0.1) is 11.8 Å². The van der Waals surface area contributed by atoms with Crippen LogP contribution < -0.4 is 14.4 Å². The van der Waals surface area contributed by atoms with E-state index in [1.165, 1.54) is 26.4 Å². The van der Waals surface area contributed by atoms with Gasteiger partial charge in [-0.05, 0) is 53.6 Å². The number of Topliss-reactive ketones (excluding diaryl/α,β-unsaturated/α-hetero) is 1. The van der Waals surface area contributed by atoms with Crippen molar-refractivity contribution >= 4 is 29.4 Å². The molecular weight excluding hydrogens is 525 g/mol. The molecule has 40 heavy (non-hydrogen) atoms. The number of halogens is 3. The summed E-state index contributed by atoms with van der Waals surface area (Å²) in [6, 6.07) is 14.4. The second-order valence-electron chi connectivity index (χ2n) is 9.83. The van der Waals surface area contributed by atoms with Crippen LogP contribution in [0.3, 0.4) is 0 Å². The predicted molar refractivity (Wildman–Crippen MR) is 139 cm³/mol. The van der Waals surface area contributed by atoms with Gasteiger partial charge in [-0.2, -0.15) is 13.2 Å². The maximum atomic E-state index is 14.1. The highest BCUT2D eigenvalue weighted by Crippen LogP contribution is 2.54. The number of carbonyl (C=O) groups is 3. The summed E-state index contributed by atoms with van der Waals surface area (Å²) in [4.78, 5) is 44.5. The van der Waals surface area contributed by atoms with Crippen molar-refractivity contribution in [3.8, 4) is 11.5 Å². The van der Waals surface area contributed by atoms with Gasteiger partial charge >= 0.3 is 6.18 Å². The van der Waals surface area contributed by atoms with E-state index in [-0.39, 0.29) is 11.3 Å². The lowest BCUT2D eigenvalue weighted by molar-refractivity contribution is -0.137. The van der Waals surface area contributed by atoms with Crippen LogP contribution in [0.15, 0.2) is 72.9 Å². The van der Waals surface area contributed by atoms with Gasteiger partial charge in [-0.3, -0.25) is 14.4 Å². The van der Waals surface area contributed by atoms with E-state index >= 15 is 0 Å². The largest absolute Gasteiger partial charge is 0.493 e. The molecule has 4 atom stereocenters. The van der Waals surface area contributed by atoms with Crippen molar-refractivity contribution in [3.63, 3.8) is 0 Å². The Bertz CT molecular complexity index is 1580. The number of fused-ring (bicyclic) bond motifs is 5. The fraction of sp³-hybridized carbons (Fsp3) is 0.233. The van der Waals surface area contributed by atoms with E-state index in [0.717, 1.165) is 34.2 Å². The SMILES string of the molecule is COc1ccc(C(=O)C2C3C(=O)N(c4cccc(C(F)(F)F)c4)C(=O)C3C3c4ccccc4C=CN23)cc1OC. The first kappa shape index (κ1) is 25.7. The number of ketones is 1. The third-order valence-corrected chi connectivity index (χ3v) is 7.83. The number of hydrogen-bond acceptors (Lipinski definition) is 6. The summed E-state index contributed by atoms with van der Waals surface area (Å²) < 4.78 is 51.0. The number of carbonyl (C=O) groups excluding carboxylic acids is 3. The zero-order chi connectivity index (χ0) is 28.3. The van der Waals surface area contributed by atoms with Crippen molar-refractivity contribution in [1.82, 2.24) is 4.90 Å². The second-order valence-corrected chi connectivity index (χ2v) is 9.83. The fourth-order valence-corrected chi connectivity index (χ4v) is 6.09. The van der Waals surface area contributed by atoms with Crippen molar-refractivity contribution in [3.05, 3.63) is 95.2 Å². The van der Waals surface area contributed by atoms with E-state index in [4.69, 9.17) is 9.47 Å². The van der Waals surface area contributed by atoms with Gasteiger partial charge in [-0.15, -0.1) is 0 Å². The molecule has 3 heterocycles. The molecule has 0 saturated carbocycles. The summed E-state index contributed by atoms with van der Waals surface area (Å²) in [5.41, 5.74) is 0.678. The molecule has 3 aromatic rings. The number of methoxy groups -OCH3 is 2. The average molecular weight is 549 g/mol. The van der Waals surface area contributed by atoms with Gasteiger partial charge in [-0.25, -0.2) is 4.90 Å². The van der Waals surface area contributed by atoms with Crippen molar-refractivity contribution in [2.75, 3.05) is 19.1 Å². The second kappa shape index (κ2) is 9.25. The maximum absolute atomic E-state index is 14.1. The third kappa shape index (κ3) is 3.77. The van der Waals surface area contributed by atoms with Crippen molar-refractivity contribution in [2.24, 2.45) is 11.8 Å². The van der Waals surface area contributed by atoms with E-state index in [2.05, 4.69) is 0 Å². The van der Waals surface area contributed by atoms with Gasteiger partial charge in [0.25, 0.3) is 0 Å². The van der Waals surface area contributed by atoms with Gasteiger partial charge in [-0.1, -0.05) is 30.3 Å². The number of nitrogens with zero attached hydrogens (tertiary/aromatic N) is 2. The van der Waals surface area contributed by atoms with E-state index in [9.17, 15) is 27.6 Å². The Kier molecular flexibility index (Phi) is 5.94. The lowest BCUT2D eigenvalue weighted by Gasteiger charge is -2.35. The van der Waals surface area contributed by atoms with Crippen LogP contribution in [-0.4, -0.2) is 42.8 Å². The third-order valence-electron chi connectivity index (χ3n) is 7.83. The minimum absolute atomic E-state index is 0.178. The number of ether oxygens (including phenoxy) is 2. The monoisotopic (exact) mass is 548 g/mol. The molecule has 3 aliphatic heterocycles. The van der Waals surface area contributed by atoms with Crippen LogP contribution >= 0.6 is 0 Å². The summed E-state index contributed by atoms with van der Waals surface area (Å²) in [5, 5.41) is 0. The maximum Gasteiger partial charge on any atom is 0.416 e. The molecule has 2 saturated heterocycles. The number of amides is 2. The van der Waals surface area contributed by atoms with Gasteiger partial charge in [0, 0.05) is 11.8 Å². The lowest BCUT2D eigenvalue weighted by Crippen LogP contribution is -2.44. The van der Waals surface area contributed by atoms with Gasteiger partial charge in [0.2, 0.25) is 11.8 Å². The molecule has 0 spiro atoms. The molecule has 3 aliphatic rings. The molecule has 204 valence electrons. The standard InChI is InChI=1S/C30H23F3N2O5/c1-39-21-11-10-17(14-22(21)40-2)27(36)26-24-23(25-20-9-4-3-6-16(20)12-13-34(25)26)28(37)35(29(24)38)19-8-5-7-18(15-19)30(31,32)33/h3-15,23-26H,1-2H3. The van der Waals surface area contributed by atoms with Crippen molar-refractivity contribution < 1.29 is 37.0 Å². The van der Waals surface area contributed by atoms with Crippen molar-refractivity contribution in [1.29, 1.82) is 0 Å². The molecule has 4 unspecified atom stereocenters. The minimum Gasteiger partial charge on any atom is -0.493 e. The van der Waals surface area contributed by atoms with Gasteiger partial charge in [0.15, 0.2) is 17.3 Å². The molecule has 0 aromatic heterocycles. The molecule has 0 radical (unpaired) electrons. The Balaban J connectivity index is 1.48. The number of imide groups is 1. The van der Waals surface area contributed by atoms with E-state index in [1.54, 1.807) is 29.3 Å². The first-order valence-electron chi connectivity index (χ1n) is 12.5. The topological polar surface area (TPSA) is 76.2 Å². The normalized spacial score (nSPS) is 23.1. The smallest absolute Gasteiger partial charge is 0.416 e. The molecule has 2 amide bonds. The highest BCUT2D eigenvalue weighted by molar-refractivity contribution is 6.24. The molecule has 2 fully saturated rings. The number of benzene rings is 3. The molecule has 10 heteroatoms. The molecule has 0 N–H and O–H groups in total. The van der Waals surface area contributed by atoms with E-state index < -0.39 is 53.3 Å².